The molecule has 1 aromatic heterocycles. The number of aromatic nitrogens is 1. The third-order valence-electron chi connectivity index (χ3n) is 4.22. The summed E-state index contributed by atoms with van der Waals surface area (Å²) in [7, 11) is 0. The van der Waals surface area contributed by atoms with Crippen molar-refractivity contribution in [3.05, 3.63) is 71.3 Å². The molecule has 0 unspecified atom stereocenters. The molecule has 3 aromatic rings. The molecule has 0 aliphatic heterocycles. The summed E-state index contributed by atoms with van der Waals surface area (Å²) in [5, 5.41) is 9.58. The first kappa shape index (κ1) is 21.6. The van der Waals surface area contributed by atoms with Crippen LogP contribution in [0.15, 0.2) is 54.6 Å². The van der Waals surface area contributed by atoms with Gasteiger partial charge in [0, 0.05) is 5.56 Å². The zero-order chi connectivity index (χ0) is 22.6. The summed E-state index contributed by atoms with van der Waals surface area (Å²) in [6.07, 6.45) is -4.58. The molecule has 2 N–H and O–H groups in total. The number of ether oxygens (including phenoxy) is 2. The number of nitrogens with zero attached hydrogens (tertiary/aromatic N) is 2. The number of pyridine rings is 1. The number of hydrogen-bond donors (Lipinski definition) is 1. The minimum Gasteiger partial charge on any atom is -0.462 e. The van der Waals surface area contributed by atoms with Gasteiger partial charge in [0.1, 0.15) is 22.9 Å². The maximum atomic E-state index is 13.0. The van der Waals surface area contributed by atoms with Crippen LogP contribution in [-0.4, -0.2) is 17.6 Å². The number of anilines is 1. The normalized spacial score (nSPS) is 10.9. The molecule has 0 bridgehead atoms. The Labute approximate surface area is 175 Å². The second-order valence-corrected chi connectivity index (χ2v) is 6.26. The predicted octanol–water partition coefficient (Wildman–Crippen LogP) is 5.19. The lowest BCUT2D eigenvalue weighted by atomic mass is 10.0. The zero-order valence-corrected chi connectivity index (χ0v) is 16.2. The lowest BCUT2D eigenvalue weighted by molar-refractivity contribution is -0.137. The molecule has 31 heavy (non-hydrogen) atoms. The molecule has 0 aliphatic rings. The highest BCUT2D eigenvalue weighted by Gasteiger charge is 2.31. The van der Waals surface area contributed by atoms with Gasteiger partial charge in [0.15, 0.2) is 0 Å². The Hall–Kier alpha value is -4.06. The number of rotatable bonds is 5. The third-order valence-corrected chi connectivity index (χ3v) is 4.22. The fourth-order valence-electron chi connectivity index (χ4n) is 2.83. The standard InChI is InChI=1S/C22H16F3N3O3/c1-2-30-21(29)17-18(27)16(12-26)20(28-19(17)13-7-4-3-5-8-13)31-15-10-6-9-14(11-15)22(23,24)25/h3-11H,2H2,1H3,(H2,27,28). The van der Waals surface area contributed by atoms with Crippen molar-refractivity contribution >= 4 is 11.7 Å². The van der Waals surface area contributed by atoms with E-state index in [9.17, 15) is 23.2 Å². The van der Waals surface area contributed by atoms with Crippen molar-refractivity contribution in [2.45, 2.75) is 13.1 Å². The summed E-state index contributed by atoms with van der Waals surface area (Å²) >= 11 is 0. The van der Waals surface area contributed by atoms with Crippen molar-refractivity contribution in [3.8, 4) is 29.0 Å². The van der Waals surface area contributed by atoms with Gasteiger partial charge in [-0.3, -0.25) is 0 Å². The van der Waals surface area contributed by atoms with E-state index in [-0.39, 0.29) is 40.7 Å². The van der Waals surface area contributed by atoms with E-state index in [0.717, 1.165) is 12.1 Å². The van der Waals surface area contributed by atoms with E-state index in [1.54, 1.807) is 43.3 Å². The molecule has 0 saturated carbocycles. The second kappa shape index (κ2) is 8.75. The van der Waals surface area contributed by atoms with E-state index >= 15 is 0 Å². The molecular weight excluding hydrogens is 411 g/mol. The number of nitrogens with two attached hydrogens (primary N) is 1. The maximum absolute atomic E-state index is 13.0. The molecule has 0 radical (unpaired) electrons. The van der Waals surface area contributed by atoms with Gasteiger partial charge in [-0.1, -0.05) is 36.4 Å². The highest BCUT2D eigenvalue weighted by atomic mass is 19.4. The Morgan fingerprint density at radius 1 is 1.16 bits per heavy atom. The van der Waals surface area contributed by atoms with Crippen molar-refractivity contribution in [3.63, 3.8) is 0 Å². The molecular formula is C22H16F3N3O3. The van der Waals surface area contributed by atoms with Gasteiger partial charge in [0.2, 0.25) is 5.88 Å². The summed E-state index contributed by atoms with van der Waals surface area (Å²) in [5.74, 6) is -1.30. The molecule has 158 valence electrons. The van der Waals surface area contributed by atoms with E-state index in [0.29, 0.717) is 5.56 Å². The van der Waals surface area contributed by atoms with Crippen LogP contribution in [0.5, 0.6) is 11.6 Å². The quantitative estimate of drug-likeness (QED) is 0.563. The van der Waals surface area contributed by atoms with Crippen LogP contribution in [0.1, 0.15) is 28.4 Å². The first-order chi connectivity index (χ1) is 14.8. The van der Waals surface area contributed by atoms with Gasteiger partial charge < -0.3 is 15.2 Å². The minimum absolute atomic E-state index is 0.0663. The van der Waals surface area contributed by atoms with E-state index in [1.807, 2.05) is 0 Å². The third kappa shape index (κ3) is 4.59. The van der Waals surface area contributed by atoms with E-state index in [1.165, 1.54) is 12.1 Å². The van der Waals surface area contributed by atoms with Crippen LogP contribution in [0, 0.1) is 11.3 Å². The number of esters is 1. The number of hydrogen-bond acceptors (Lipinski definition) is 6. The lowest BCUT2D eigenvalue weighted by Crippen LogP contribution is -2.13. The number of carbonyl (C=O) groups excluding carboxylic acids is 1. The van der Waals surface area contributed by atoms with Crippen molar-refractivity contribution in [1.29, 1.82) is 5.26 Å². The maximum Gasteiger partial charge on any atom is 0.416 e. The molecule has 0 fully saturated rings. The Bertz CT molecular complexity index is 1160. The first-order valence-corrected chi connectivity index (χ1v) is 9.07. The molecule has 0 atom stereocenters. The van der Waals surface area contributed by atoms with Crippen LogP contribution in [-0.2, 0) is 10.9 Å². The van der Waals surface area contributed by atoms with E-state index in [2.05, 4.69) is 4.98 Å². The van der Waals surface area contributed by atoms with Crippen molar-refractivity contribution in [2.75, 3.05) is 12.3 Å². The Morgan fingerprint density at radius 3 is 2.48 bits per heavy atom. The van der Waals surface area contributed by atoms with Gasteiger partial charge in [-0.05, 0) is 25.1 Å². The Morgan fingerprint density at radius 2 is 1.87 bits per heavy atom. The van der Waals surface area contributed by atoms with Gasteiger partial charge >= 0.3 is 12.1 Å². The molecule has 6 nitrogen and oxygen atoms in total. The van der Waals surface area contributed by atoms with Crippen LogP contribution < -0.4 is 10.5 Å². The van der Waals surface area contributed by atoms with Crippen LogP contribution >= 0.6 is 0 Å². The number of carbonyl (C=O) groups is 1. The SMILES string of the molecule is CCOC(=O)c1c(-c2ccccc2)nc(Oc2cccc(C(F)(F)F)c2)c(C#N)c1N. The van der Waals surface area contributed by atoms with Gasteiger partial charge in [0.05, 0.1) is 23.6 Å². The number of halogens is 3. The predicted molar refractivity (Wildman–Crippen MR) is 106 cm³/mol. The topological polar surface area (TPSA) is 98.2 Å². The minimum atomic E-state index is -4.58. The average molecular weight is 427 g/mol. The Kier molecular flexibility index (Phi) is 6.11. The summed E-state index contributed by atoms with van der Waals surface area (Å²) < 4.78 is 49.6. The fraction of sp³-hybridized carbons (Fsp3) is 0.136. The molecule has 3 rings (SSSR count). The summed E-state index contributed by atoms with van der Waals surface area (Å²) in [4.78, 5) is 16.8. The molecule has 1 heterocycles. The van der Waals surface area contributed by atoms with Crippen molar-refractivity contribution in [2.24, 2.45) is 0 Å². The highest BCUT2D eigenvalue weighted by Crippen LogP contribution is 2.37. The summed E-state index contributed by atoms with van der Waals surface area (Å²) in [5.41, 5.74) is 5.07. The molecule has 2 aromatic carbocycles. The monoisotopic (exact) mass is 427 g/mol. The van der Waals surface area contributed by atoms with Gasteiger partial charge in [-0.2, -0.15) is 18.4 Å². The Balaban J connectivity index is 2.19. The van der Waals surface area contributed by atoms with Crippen molar-refractivity contribution in [1.82, 2.24) is 4.98 Å². The second-order valence-electron chi connectivity index (χ2n) is 6.26. The number of nitriles is 1. The van der Waals surface area contributed by atoms with Crippen LogP contribution in [0.4, 0.5) is 18.9 Å². The van der Waals surface area contributed by atoms with Crippen LogP contribution in [0.3, 0.4) is 0 Å². The van der Waals surface area contributed by atoms with Gasteiger partial charge in [-0.15, -0.1) is 0 Å². The number of alkyl halides is 3. The first-order valence-electron chi connectivity index (χ1n) is 9.07. The van der Waals surface area contributed by atoms with Crippen molar-refractivity contribution < 1.29 is 27.4 Å². The molecule has 0 amide bonds. The lowest BCUT2D eigenvalue weighted by Gasteiger charge is -2.16. The summed E-state index contributed by atoms with van der Waals surface area (Å²) in [6.45, 7) is 1.68. The van der Waals surface area contributed by atoms with Gasteiger partial charge in [0.25, 0.3) is 0 Å². The molecule has 0 aliphatic carbocycles. The smallest absolute Gasteiger partial charge is 0.416 e. The molecule has 9 heteroatoms. The molecule has 0 spiro atoms. The van der Waals surface area contributed by atoms with Crippen LogP contribution in [0.2, 0.25) is 0 Å². The number of benzene rings is 2. The summed E-state index contributed by atoms with van der Waals surface area (Å²) in [6, 6.07) is 14.4. The van der Waals surface area contributed by atoms with Gasteiger partial charge in [-0.25, -0.2) is 9.78 Å². The fourth-order valence-corrected chi connectivity index (χ4v) is 2.83. The molecule has 0 saturated heterocycles. The average Bonchev–Trinajstić information content (AvgIpc) is 2.74. The number of nitrogen functional groups attached to an aromatic ring is 1. The largest absolute Gasteiger partial charge is 0.462 e. The highest BCUT2D eigenvalue weighted by molar-refractivity contribution is 6.03. The zero-order valence-electron chi connectivity index (χ0n) is 16.2. The van der Waals surface area contributed by atoms with E-state index in [4.69, 9.17) is 15.2 Å². The van der Waals surface area contributed by atoms with E-state index < -0.39 is 17.7 Å². The van der Waals surface area contributed by atoms with Crippen LogP contribution in [0.25, 0.3) is 11.3 Å².